The molecule has 0 spiro atoms. The summed E-state index contributed by atoms with van der Waals surface area (Å²) in [4.78, 5) is 9.96. The van der Waals surface area contributed by atoms with Crippen LogP contribution in [-0.2, 0) is 9.53 Å². The number of ether oxygens (including phenoxy) is 1. The Bertz CT molecular complexity index is 164. The second-order valence-corrected chi connectivity index (χ2v) is 2.54. The molecule has 0 aromatic carbocycles. The second kappa shape index (κ2) is 3.81. The zero-order valence-corrected chi connectivity index (χ0v) is 6.25. The molecular weight excluding hydrogens is 166 g/mol. The molecule has 4 N–H and O–H groups in total. The number of carbonyl (C=O) groups is 1. The highest BCUT2D eigenvalue weighted by molar-refractivity contribution is 5.46. The van der Waals surface area contributed by atoms with Crippen LogP contribution in [-0.4, -0.2) is 52.9 Å². The molecule has 1 fully saturated rings. The lowest BCUT2D eigenvalue weighted by molar-refractivity contribution is -0.115. The van der Waals surface area contributed by atoms with E-state index in [2.05, 4.69) is 5.32 Å². The van der Waals surface area contributed by atoms with Crippen LogP contribution in [0.3, 0.4) is 0 Å². The van der Waals surface area contributed by atoms with E-state index in [1.54, 1.807) is 0 Å². The first kappa shape index (κ1) is 9.40. The van der Waals surface area contributed by atoms with Gasteiger partial charge >= 0.3 is 0 Å². The summed E-state index contributed by atoms with van der Waals surface area (Å²) in [5, 5.41) is 29.1. The molecule has 0 aromatic heterocycles. The van der Waals surface area contributed by atoms with E-state index in [-0.39, 0.29) is 0 Å². The lowest BCUT2D eigenvalue weighted by Crippen LogP contribution is -2.40. The van der Waals surface area contributed by atoms with Gasteiger partial charge in [0.2, 0.25) is 6.41 Å². The minimum atomic E-state index is -1.19. The molecule has 1 saturated heterocycles. The monoisotopic (exact) mass is 177 g/mol. The van der Waals surface area contributed by atoms with Crippen LogP contribution in [0, 0.1) is 0 Å². The lowest BCUT2D eigenvalue weighted by Gasteiger charge is -2.12. The van der Waals surface area contributed by atoms with Crippen molar-refractivity contribution < 1.29 is 24.9 Å². The van der Waals surface area contributed by atoms with E-state index in [1.807, 2.05) is 0 Å². The first-order valence-electron chi connectivity index (χ1n) is 3.53. The minimum absolute atomic E-state index is 0.361. The Hall–Kier alpha value is -0.690. The van der Waals surface area contributed by atoms with Crippen LogP contribution < -0.4 is 5.32 Å². The SMILES string of the molecule is O=CN[C@@H]1O[C@H](CO)[C@@H](O)[C@@H]1O. The van der Waals surface area contributed by atoms with Gasteiger partial charge < -0.3 is 25.4 Å². The smallest absolute Gasteiger partial charge is 0.209 e. The summed E-state index contributed by atoms with van der Waals surface area (Å²) in [6, 6.07) is 0. The van der Waals surface area contributed by atoms with E-state index in [0.717, 1.165) is 0 Å². The second-order valence-electron chi connectivity index (χ2n) is 2.54. The van der Waals surface area contributed by atoms with Crippen molar-refractivity contribution in [2.75, 3.05) is 6.61 Å². The molecule has 1 heterocycles. The van der Waals surface area contributed by atoms with E-state index in [4.69, 9.17) is 14.9 Å². The third kappa shape index (κ3) is 1.56. The molecule has 1 aliphatic heterocycles. The molecule has 6 nitrogen and oxygen atoms in total. The van der Waals surface area contributed by atoms with Gasteiger partial charge in [-0.1, -0.05) is 0 Å². The van der Waals surface area contributed by atoms with E-state index < -0.39 is 31.1 Å². The fourth-order valence-corrected chi connectivity index (χ4v) is 1.10. The number of carbonyl (C=O) groups excluding carboxylic acids is 1. The van der Waals surface area contributed by atoms with Crippen molar-refractivity contribution in [3.8, 4) is 0 Å². The van der Waals surface area contributed by atoms with Crippen molar-refractivity contribution in [2.24, 2.45) is 0 Å². The van der Waals surface area contributed by atoms with Crippen molar-refractivity contribution in [1.29, 1.82) is 0 Å². The fourth-order valence-electron chi connectivity index (χ4n) is 1.10. The molecule has 1 aliphatic rings. The quantitative estimate of drug-likeness (QED) is 0.348. The molecular formula is C6H11NO5. The minimum Gasteiger partial charge on any atom is -0.394 e. The number of aliphatic hydroxyl groups is 3. The highest BCUT2D eigenvalue weighted by atomic mass is 16.6. The van der Waals surface area contributed by atoms with Crippen LogP contribution in [0.2, 0.25) is 0 Å². The molecule has 0 aromatic rings. The van der Waals surface area contributed by atoms with Gasteiger partial charge in [0.25, 0.3) is 0 Å². The van der Waals surface area contributed by atoms with Gasteiger partial charge in [-0.2, -0.15) is 0 Å². The predicted molar refractivity (Wildman–Crippen MR) is 37.0 cm³/mol. The summed E-state index contributed by atoms with van der Waals surface area (Å²) in [6.07, 6.45) is -3.76. The third-order valence-electron chi connectivity index (χ3n) is 1.77. The number of hydrogen-bond donors (Lipinski definition) is 4. The molecule has 1 amide bonds. The van der Waals surface area contributed by atoms with Gasteiger partial charge in [0.1, 0.15) is 18.3 Å². The Morgan fingerprint density at radius 3 is 2.50 bits per heavy atom. The summed E-state index contributed by atoms with van der Waals surface area (Å²) in [5.74, 6) is 0. The van der Waals surface area contributed by atoms with Crippen molar-refractivity contribution >= 4 is 6.41 Å². The van der Waals surface area contributed by atoms with Gasteiger partial charge in [0.05, 0.1) is 6.61 Å². The Morgan fingerprint density at radius 1 is 1.42 bits per heavy atom. The zero-order valence-electron chi connectivity index (χ0n) is 6.25. The largest absolute Gasteiger partial charge is 0.394 e. The number of nitrogens with one attached hydrogen (secondary N) is 1. The fraction of sp³-hybridized carbons (Fsp3) is 0.833. The average molecular weight is 177 g/mol. The van der Waals surface area contributed by atoms with Gasteiger partial charge in [-0.25, -0.2) is 0 Å². The number of rotatable bonds is 3. The summed E-state index contributed by atoms with van der Waals surface area (Å²) in [5.41, 5.74) is 0. The highest BCUT2D eigenvalue weighted by Crippen LogP contribution is 2.18. The van der Waals surface area contributed by atoms with E-state index in [9.17, 15) is 9.90 Å². The summed E-state index contributed by atoms with van der Waals surface area (Å²) >= 11 is 0. The first-order chi connectivity index (χ1) is 5.70. The molecule has 1 rings (SSSR count). The van der Waals surface area contributed by atoms with Crippen LogP contribution in [0.1, 0.15) is 0 Å². The van der Waals surface area contributed by atoms with Crippen molar-refractivity contribution in [1.82, 2.24) is 5.32 Å². The molecule has 6 heteroatoms. The van der Waals surface area contributed by atoms with Crippen LogP contribution in [0.4, 0.5) is 0 Å². The summed E-state index contributed by atoms with van der Waals surface area (Å²) < 4.78 is 4.88. The van der Waals surface area contributed by atoms with Gasteiger partial charge in [-0.15, -0.1) is 0 Å². The van der Waals surface area contributed by atoms with Crippen LogP contribution in [0.5, 0.6) is 0 Å². The number of amides is 1. The Balaban J connectivity index is 2.53. The number of aliphatic hydroxyl groups excluding tert-OH is 3. The van der Waals surface area contributed by atoms with Crippen LogP contribution in [0.15, 0.2) is 0 Å². The zero-order chi connectivity index (χ0) is 9.14. The van der Waals surface area contributed by atoms with Gasteiger partial charge in [0.15, 0.2) is 6.23 Å². The Kier molecular flexibility index (Phi) is 2.99. The Morgan fingerprint density at radius 2 is 2.08 bits per heavy atom. The Labute approximate surface area is 68.8 Å². The average Bonchev–Trinajstić information content (AvgIpc) is 2.33. The maximum absolute atomic E-state index is 9.96. The molecule has 0 radical (unpaired) electrons. The molecule has 4 atom stereocenters. The molecule has 12 heavy (non-hydrogen) atoms. The molecule has 0 unspecified atom stereocenters. The third-order valence-corrected chi connectivity index (χ3v) is 1.77. The van der Waals surface area contributed by atoms with Crippen LogP contribution >= 0.6 is 0 Å². The summed E-state index contributed by atoms with van der Waals surface area (Å²) in [7, 11) is 0. The molecule has 0 saturated carbocycles. The molecule has 0 bridgehead atoms. The van der Waals surface area contributed by atoms with Gasteiger partial charge in [-0.3, -0.25) is 4.79 Å². The summed E-state index contributed by atoms with van der Waals surface area (Å²) in [6.45, 7) is -0.394. The maximum Gasteiger partial charge on any atom is 0.209 e. The first-order valence-corrected chi connectivity index (χ1v) is 3.53. The van der Waals surface area contributed by atoms with E-state index >= 15 is 0 Å². The lowest BCUT2D eigenvalue weighted by atomic mass is 10.1. The maximum atomic E-state index is 9.96. The normalized spacial score (nSPS) is 41.2. The topological polar surface area (TPSA) is 99.0 Å². The van der Waals surface area contributed by atoms with Gasteiger partial charge in [0, 0.05) is 0 Å². The molecule has 70 valence electrons. The standard InChI is InChI=1S/C6H11NO5/c8-1-3-4(10)5(11)6(12-3)7-2-9/h2-6,8,10-11H,1H2,(H,7,9)/t3-,4-,5+,6-/m1/s1. The van der Waals surface area contributed by atoms with Crippen molar-refractivity contribution in [2.45, 2.75) is 24.5 Å². The van der Waals surface area contributed by atoms with Crippen molar-refractivity contribution in [3.05, 3.63) is 0 Å². The predicted octanol–water partition coefficient (Wildman–Crippen LogP) is -2.83. The van der Waals surface area contributed by atoms with Crippen LogP contribution in [0.25, 0.3) is 0 Å². The highest BCUT2D eigenvalue weighted by Gasteiger charge is 2.41. The van der Waals surface area contributed by atoms with Crippen molar-refractivity contribution in [3.63, 3.8) is 0 Å². The van der Waals surface area contributed by atoms with E-state index in [1.165, 1.54) is 0 Å². The van der Waals surface area contributed by atoms with E-state index in [0.29, 0.717) is 6.41 Å². The van der Waals surface area contributed by atoms with Gasteiger partial charge in [-0.05, 0) is 0 Å². The number of hydrogen-bond acceptors (Lipinski definition) is 5. The molecule has 0 aliphatic carbocycles.